The first-order valence-electron chi connectivity index (χ1n) is 14.6. The number of phenolic OH excluding ortho intramolecular Hbond substituents is 1. The average Bonchev–Trinajstić information content (AvgIpc) is 2.99. The van der Waals surface area contributed by atoms with Crippen LogP contribution in [0.1, 0.15) is 17.7 Å². The van der Waals surface area contributed by atoms with Crippen molar-refractivity contribution in [3.05, 3.63) is 60.3 Å². The number of carbonyl (C=O) groups is 1. The number of fused-ring (bicyclic) bond motifs is 3. The molecule has 4 aliphatic rings. The van der Waals surface area contributed by atoms with Crippen molar-refractivity contribution in [3.63, 3.8) is 0 Å². The van der Waals surface area contributed by atoms with Crippen LogP contribution in [0.25, 0.3) is 10.8 Å². The molecular formula is C31H36N6O4. The number of phenols is 1. The summed E-state index contributed by atoms with van der Waals surface area (Å²) in [5.74, 6) is 1.13. The minimum absolute atomic E-state index is 0.0330. The molecule has 10 nitrogen and oxygen atoms in total. The van der Waals surface area contributed by atoms with E-state index in [0.29, 0.717) is 57.5 Å². The summed E-state index contributed by atoms with van der Waals surface area (Å²) in [7, 11) is 0. The van der Waals surface area contributed by atoms with E-state index >= 15 is 0 Å². The highest BCUT2D eigenvalue weighted by atomic mass is 16.5. The Kier molecular flexibility index (Phi) is 6.88. The van der Waals surface area contributed by atoms with Gasteiger partial charge in [0, 0.05) is 68.5 Å². The van der Waals surface area contributed by atoms with E-state index in [0.717, 1.165) is 72.6 Å². The van der Waals surface area contributed by atoms with Crippen LogP contribution < -0.4 is 14.5 Å². The van der Waals surface area contributed by atoms with Gasteiger partial charge in [-0.3, -0.25) is 9.69 Å². The number of rotatable bonds is 8. The molecule has 0 bridgehead atoms. The highest BCUT2D eigenvalue weighted by Gasteiger charge is 2.46. The van der Waals surface area contributed by atoms with Crippen LogP contribution >= 0.6 is 0 Å². The summed E-state index contributed by atoms with van der Waals surface area (Å²) >= 11 is 0. The van der Waals surface area contributed by atoms with Crippen molar-refractivity contribution in [2.24, 2.45) is 0 Å². The van der Waals surface area contributed by atoms with Crippen molar-refractivity contribution in [3.8, 4) is 11.8 Å². The molecule has 1 unspecified atom stereocenters. The summed E-state index contributed by atoms with van der Waals surface area (Å²) in [4.78, 5) is 30.8. The molecule has 214 valence electrons. The van der Waals surface area contributed by atoms with Crippen LogP contribution in [-0.2, 0) is 22.5 Å². The number of aromatic nitrogens is 2. The fourth-order valence-electron chi connectivity index (χ4n) is 6.47. The molecule has 1 aromatic heterocycles. The van der Waals surface area contributed by atoms with Crippen molar-refractivity contribution in [2.45, 2.75) is 31.5 Å². The number of anilines is 2. The molecule has 3 aromatic rings. The maximum atomic E-state index is 12.2. The summed E-state index contributed by atoms with van der Waals surface area (Å²) in [6.45, 7) is 11.1. The number of nitrogens with zero attached hydrogens (tertiary/aromatic N) is 6. The second-order valence-electron chi connectivity index (χ2n) is 11.3. The van der Waals surface area contributed by atoms with Crippen molar-refractivity contribution in [1.82, 2.24) is 19.8 Å². The van der Waals surface area contributed by atoms with Gasteiger partial charge in [0.1, 0.15) is 11.6 Å². The molecule has 3 saturated heterocycles. The molecular weight excluding hydrogens is 520 g/mol. The SMILES string of the molecule is C=CC(=O)N1CCN(c2nc(OCCCN3CC4OC[C@H]43)nc3c2CCN(c2cc(O)cc4ccccc24)C3)CC1. The third-order valence-corrected chi connectivity index (χ3v) is 8.87. The summed E-state index contributed by atoms with van der Waals surface area (Å²) in [6, 6.07) is 12.8. The van der Waals surface area contributed by atoms with Crippen molar-refractivity contribution < 1.29 is 19.4 Å². The molecule has 1 amide bonds. The summed E-state index contributed by atoms with van der Waals surface area (Å²) in [5.41, 5.74) is 3.09. The van der Waals surface area contributed by atoms with E-state index in [1.54, 1.807) is 6.07 Å². The predicted octanol–water partition coefficient (Wildman–Crippen LogP) is 2.58. The topological polar surface area (TPSA) is 94.5 Å². The number of morpholine rings is 1. The Morgan fingerprint density at radius 1 is 1.12 bits per heavy atom. The largest absolute Gasteiger partial charge is 0.508 e. The highest BCUT2D eigenvalue weighted by molar-refractivity contribution is 5.95. The maximum Gasteiger partial charge on any atom is 0.318 e. The summed E-state index contributed by atoms with van der Waals surface area (Å²) in [6.07, 6.45) is 3.51. The Labute approximate surface area is 239 Å². The second-order valence-corrected chi connectivity index (χ2v) is 11.3. The molecule has 41 heavy (non-hydrogen) atoms. The van der Waals surface area contributed by atoms with Gasteiger partial charge in [0.05, 0.1) is 37.6 Å². The van der Waals surface area contributed by atoms with E-state index < -0.39 is 0 Å². The third kappa shape index (κ3) is 4.95. The number of hydrogen-bond donors (Lipinski definition) is 1. The lowest BCUT2D eigenvalue weighted by Crippen LogP contribution is -2.70. The van der Waals surface area contributed by atoms with Gasteiger partial charge < -0.3 is 29.3 Å². The van der Waals surface area contributed by atoms with Gasteiger partial charge in [0.25, 0.3) is 0 Å². The van der Waals surface area contributed by atoms with Crippen LogP contribution in [0.4, 0.5) is 11.5 Å². The Balaban J connectivity index is 1.13. The second kappa shape index (κ2) is 10.8. The Morgan fingerprint density at radius 2 is 1.98 bits per heavy atom. The van der Waals surface area contributed by atoms with Gasteiger partial charge in [-0.1, -0.05) is 30.8 Å². The number of carbonyl (C=O) groups excluding carboxylic acids is 1. The molecule has 0 radical (unpaired) electrons. The van der Waals surface area contributed by atoms with Gasteiger partial charge in [-0.15, -0.1) is 0 Å². The molecule has 0 saturated carbocycles. The third-order valence-electron chi connectivity index (χ3n) is 8.87. The lowest BCUT2D eigenvalue weighted by molar-refractivity contribution is -0.214. The van der Waals surface area contributed by atoms with E-state index in [1.165, 1.54) is 6.08 Å². The molecule has 4 aliphatic heterocycles. The smallest absolute Gasteiger partial charge is 0.318 e. The van der Waals surface area contributed by atoms with E-state index in [1.807, 2.05) is 29.2 Å². The van der Waals surface area contributed by atoms with Gasteiger partial charge in [0.2, 0.25) is 5.91 Å². The monoisotopic (exact) mass is 556 g/mol. The van der Waals surface area contributed by atoms with Crippen LogP contribution in [0.2, 0.25) is 0 Å². The fourth-order valence-corrected chi connectivity index (χ4v) is 6.47. The average molecular weight is 557 g/mol. The van der Waals surface area contributed by atoms with Crippen molar-refractivity contribution in [1.29, 1.82) is 0 Å². The molecule has 5 heterocycles. The van der Waals surface area contributed by atoms with Gasteiger partial charge >= 0.3 is 6.01 Å². The lowest BCUT2D eigenvalue weighted by Gasteiger charge is -2.55. The molecule has 0 aliphatic carbocycles. The van der Waals surface area contributed by atoms with E-state index in [2.05, 4.69) is 27.3 Å². The molecule has 3 fully saturated rings. The van der Waals surface area contributed by atoms with Gasteiger partial charge in [-0.25, -0.2) is 0 Å². The minimum Gasteiger partial charge on any atom is -0.508 e. The van der Waals surface area contributed by atoms with Crippen LogP contribution in [0.15, 0.2) is 49.1 Å². The van der Waals surface area contributed by atoms with Gasteiger partial charge in [-0.2, -0.15) is 9.97 Å². The van der Waals surface area contributed by atoms with Crippen LogP contribution in [-0.4, -0.2) is 102 Å². The molecule has 1 N–H and O–H groups in total. The first kappa shape index (κ1) is 26.0. The number of aromatic hydroxyl groups is 1. The summed E-state index contributed by atoms with van der Waals surface area (Å²) < 4.78 is 11.7. The molecule has 0 spiro atoms. The van der Waals surface area contributed by atoms with Crippen LogP contribution in [0.5, 0.6) is 11.8 Å². The maximum absolute atomic E-state index is 12.2. The van der Waals surface area contributed by atoms with E-state index in [9.17, 15) is 9.90 Å². The Hall–Kier alpha value is -3.89. The summed E-state index contributed by atoms with van der Waals surface area (Å²) in [5, 5.41) is 12.6. The number of amides is 1. The highest BCUT2D eigenvalue weighted by Crippen LogP contribution is 2.36. The normalized spacial score (nSPS) is 22.0. The first-order chi connectivity index (χ1) is 20.1. The van der Waals surface area contributed by atoms with Crippen LogP contribution in [0, 0.1) is 0 Å². The zero-order chi connectivity index (χ0) is 27.9. The van der Waals surface area contributed by atoms with Gasteiger partial charge in [0.15, 0.2) is 0 Å². The number of benzene rings is 2. The Bertz CT molecular complexity index is 1470. The molecule has 7 rings (SSSR count). The van der Waals surface area contributed by atoms with Gasteiger partial charge in [-0.05, 0) is 30.4 Å². The quantitative estimate of drug-likeness (QED) is 0.332. The first-order valence-corrected chi connectivity index (χ1v) is 14.6. The fraction of sp³-hybridized carbons (Fsp3) is 0.452. The number of hydrogen-bond acceptors (Lipinski definition) is 9. The Morgan fingerprint density at radius 3 is 2.73 bits per heavy atom. The van der Waals surface area contributed by atoms with Crippen molar-refractivity contribution >= 4 is 28.2 Å². The van der Waals surface area contributed by atoms with E-state index in [-0.39, 0.29) is 11.7 Å². The number of piperazine rings is 1. The molecule has 2 aromatic carbocycles. The number of ether oxygens (including phenoxy) is 2. The molecule has 2 atom stereocenters. The zero-order valence-corrected chi connectivity index (χ0v) is 23.2. The lowest BCUT2D eigenvalue weighted by atomic mass is 9.95. The number of likely N-dealkylation sites (tertiary alicyclic amines) is 1. The van der Waals surface area contributed by atoms with Crippen molar-refractivity contribution in [2.75, 3.05) is 68.8 Å². The molecule has 10 heteroatoms. The van der Waals surface area contributed by atoms with E-state index in [4.69, 9.17) is 19.4 Å². The predicted molar refractivity (Wildman–Crippen MR) is 157 cm³/mol. The van der Waals surface area contributed by atoms with Crippen LogP contribution in [0.3, 0.4) is 0 Å². The zero-order valence-electron chi connectivity index (χ0n) is 23.2. The standard InChI is InChI=1S/C31H36N6O4/c1-2-29(39)34-11-13-35(14-12-34)30-24-8-10-37(26-17-22(38)16-21-6-3-4-7-23(21)26)18-25(24)32-31(33-30)40-15-5-9-36-19-28-27(36)20-41-28/h2-4,6-7,16-17,27-28,38H,1,5,8-15,18-20H2/t27-,28?/m1/s1. The minimum atomic E-state index is -0.0330.